The first-order valence-corrected chi connectivity index (χ1v) is 10.5. The lowest BCUT2D eigenvalue weighted by molar-refractivity contribution is -0.126. The van der Waals surface area contributed by atoms with E-state index in [1.54, 1.807) is 17.2 Å². The molecule has 2 heterocycles. The van der Waals surface area contributed by atoms with Gasteiger partial charge in [-0.1, -0.05) is 48.0 Å². The monoisotopic (exact) mass is 432 g/mol. The van der Waals surface area contributed by atoms with E-state index in [1.807, 2.05) is 74.5 Å². The van der Waals surface area contributed by atoms with Gasteiger partial charge in [-0.25, -0.2) is 9.96 Å². The van der Waals surface area contributed by atoms with Crippen molar-refractivity contribution in [3.05, 3.63) is 94.5 Å². The third kappa shape index (κ3) is 3.21. The summed E-state index contributed by atoms with van der Waals surface area (Å²) in [5.74, 6) is -1.25. The van der Waals surface area contributed by atoms with E-state index in [-0.39, 0.29) is 11.8 Å². The minimum atomic E-state index is -0.880. The average Bonchev–Trinajstić information content (AvgIpc) is 3.28. The fourth-order valence-electron chi connectivity index (χ4n) is 4.33. The summed E-state index contributed by atoms with van der Waals surface area (Å²) in [5.41, 5.74) is 4.36. The number of benzene rings is 3. The zero-order valence-electron chi connectivity index (χ0n) is 17.2. The molecule has 5 nitrogen and oxygen atoms in total. The summed E-state index contributed by atoms with van der Waals surface area (Å²) >= 11 is 6.09. The number of hydroxylamine groups is 1. The fourth-order valence-corrected chi connectivity index (χ4v) is 4.46. The van der Waals surface area contributed by atoms with E-state index in [2.05, 4.69) is 0 Å². The number of carbonyl (C=O) groups is 2. The van der Waals surface area contributed by atoms with Crippen molar-refractivity contribution in [1.82, 2.24) is 0 Å². The Morgan fingerprint density at radius 1 is 0.806 bits per heavy atom. The highest BCUT2D eigenvalue weighted by Gasteiger charge is 2.60. The third-order valence-corrected chi connectivity index (χ3v) is 6.34. The minimum absolute atomic E-state index is 0.253. The van der Waals surface area contributed by atoms with Crippen molar-refractivity contribution in [3.63, 3.8) is 0 Å². The van der Waals surface area contributed by atoms with E-state index in [4.69, 9.17) is 16.4 Å². The predicted molar refractivity (Wildman–Crippen MR) is 120 cm³/mol. The number of nitrogens with zero attached hydrogens (tertiary/aromatic N) is 2. The molecule has 6 heteroatoms. The molecule has 2 amide bonds. The van der Waals surface area contributed by atoms with Gasteiger partial charge in [0.1, 0.15) is 5.92 Å². The minimum Gasteiger partial charge on any atom is -0.273 e. The zero-order chi connectivity index (χ0) is 21.7. The Hall–Kier alpha value is -3.15. The summed E-state index contributed by atoms with van der Waals surface area (Å²) in [4.78, 5) is 34.3. The van der Waals surface area contributed by atoms with Gasteiger partial charge in [0.05, 0.1) is 17.4 Å². The molecule has 0 saturated carbocycles. The molecule has 0 bridgehead atoms. The average molecular weight is 433 g/mol. The molecule has 2 saturated heterocycles. The number of hydrogen-bond donors (Lipinski definition) is 0. The number of fused-ring (bicyclic) bond motifs is 1. The molecular weight excluding hydrogens is 412 g/mol. The van der Waals surface area contributed by atoms with Crippen LogP contribution in [0, 0.1) is 19.8 Å². The second-order valence-corrected chi connectivity index (χ2v) is 8.43. The molecule has 0 radical (unpaired) electrons. The number of hydrogen-bond acceptors (Lipinski definition) is 4. The highest BCUT2D eigenvalue weighted by molar-refractivity contribution is 6.30. The van der Waals surface area contributed by atoms with Crippen molar-refractivity contribution < 1.29 is 14.4 Å². The number of aryl methyl sites for hydroxylation is 2. The van der Waals surface area contributed by atoms with Crippen LogP contribution in [0.5, 0.6) is 0 Å². The molecule has 0 aromatic heterocycles. The Balaban J connectivity index is 1.58. The molecule has 3 aromatic carbocycles. The molecule has 0 spiro atoms. The summed E-state index contributed by atoms with van der Waals surface area (Å²) in [6.45, 7) is 3.97. The van der Waals surface area contributed by atoms with Gasteiger partial charge in [0.15, 0.2) is 6.10 Å². The molecule has 31 heavy (non-hydrogen) atoms. The quantitative estimate of drug-likeness (QED) is 0.546. The fraction of sp³-hybridized carbons (Fsp3) is 0.200. The SMILES string of the molecule is Cc1ccc(N2C(=O)[C@H]3[C@H](ON(c4ccccc4)[C@H]3c3ccc(Cl)cc3)C2=O)cc1C. The number of para-hydroxylation sites is 1. The first kappa shape index (κ1) is 19.8. The molecule has 2 fully saturated rings. The summed E-state index contributed by atoms with van der Waals surface area (Å²) in [7, 11) is 0. The largest absolute Gasteiger partial charge is 0.273 e. The van der Waals surface area contributed by atoms with E-state index in [0.29, 0.717) is 10.7 Å². The molecule has 156 valence electrons. The highest BCUT2D eigenvalue weighted by Crippen LogP contribution is 2.47. The van der Waals surface area contributed by atoms with Gasteiger partial charge in [0, 0.05) is 5.02 Å². The maximum absolute atomic E-state index is 13.6. The second-order valence-electron chi connectivity index (χ2n) is 7.99. The van der Waals surface area contributed by atoms with Crippen LogP contribution in [0.25, 0.3) is 0 Å². The van der Waals surface area contributed by atoms with Crippen molar-refractivity contribution >= 4 is 34.8 Å². The summed E-state index contributed by atoms with van der Waals surface area (Å²) in [6.07, 6.45) is -0.880. The molecule has 3 atom stereocenters. The molecule has 0 N–H and O–H groups in total. The number of amides is 2. The summed E-state index contributed by atoms with van der Waals surface area (Å²) < 4.78 is 0. The Bertz CT molecular complexity index is 1160. The van der Waals surface area contributed by atoms with Gasteiger partial charge in [0.25, 0.3) is 5.91 Å². The molecule has 3 aromatic rings. The van der Waals surface area contributed by atoms with Gasteiger partial charge in [-0.2, -0.15) is 0 Å². The molecule has 2 aliphatic rings. The molecule has 2 aliphatic heterocycles. The first-order chi connectivity index (χ1) is 15.0. The topological polar surface area (TPSA) is 49.9 Å². The van der Waals surface area contributed by atoms with E-state index >= 15 is 0 Å². The standard InChI is InChI=1S/C25H21ClN2O3/c1-15-8-13-20(14-16(15)2)27-24(29)21-22(17-9-11-18(26)12-10-17)28(31-23(21)25(27)30)19-6-4-3-5-7-19/h3-14,21-23H,1-2H3/t21-,22+,23+/m1/s1. The van der Waals surface area contributed by atoms with E-state index in [1.165, 1.54) is 4.90 Å². The van der Waals surface area contributed by atoms with Crippen molar-refractivity contribution in [2.24, 2.45) is 5.92 Å². The number of halogens is 1. The van der Waals surface area contributed by atoms with Gasteiger partial charge >= 0.3 is 0 Å². The smallest absolute Gasteiger partial charge is 0.266 e. The Morgan fingerprint density at radius 3 is 2.19 bits per heavy atom. The van der Waals surface area contributed by atoms with Crippen LogP contribution in [0.1, 0.15) is 22.7 Å². The zero-order valence-corrected chi connectivity index (χ0v) is 17.9. The van der Waals surface area contributed by atoms with Crippen molar-refractivity contribution in [2.45, 2.75) is 26.0 Å². The maximum atomic E-state index is 13.6. The van der Waals surface area contributed by atoms with Gasteiger partial charge in [0.2, 0.25) is 5.91 Å². The number of rotatable bonds is 3. The van der Waals surface area contributed by atoms with Gasteiger partial charge in [-0.15, -0.1) is 0 Å². The van der Waals surface area contributed by atoms with E-state index in [0.717, 1.165) is 22.4 Å². The lowest BCUT2D eigenvalue weighted by Gasteiger charge is -2.29. The van der Waals surface area contributed by atoms with Crippen LogP contribution in [0.15, 0.2) is 72.8 Å². The van der Waals surface area contributed by atoms with Crippen LogP contribution >= 0.6 is 11.6 Å². The summed E-state index contributed by atoms with van der Waals surface area (Å²) in [5, 5.41) is 2.29. The number of carbonyl (C=O) groups excluding carboxylic acids is 2. The van der Waals surface area contributed by atoms with Crippen molar-refractivity contribution in [1.29, 1.82) is 0 Å². The van der Waals surface area contributed by atoms with Crippen LogP contribution in [0.3, 0.4) is 0 Å². The molecular formula is C25H21ClN2O3. The van der Waals surface area contributed by atoms with Gasteiger partial charge in [-0.3, -0.25) is 14.4 Å². The Labute approximate surface area is 185 Å². The third-order valence-electron chi connectivity index (χ3n) is 6.09. The predicted octanol–water partition coefficient (Wildman–Crippen LogP) is 5.01. The Kier molecular flexibility index (Phi) is 4.80. The first-order valence-electron chi connectivity index (χ1n) is 10.2. The van der Waals surface area contributed by atoms with Crippen molar-refractivity contribution in [3.8, 4) is 0 Å². The maximum Gasteiger partial charge on any atom is 0.266 e. The number of anilines is 2. The second kappa shape index (κ2) is 7.52. The lowest BCUT2D eigenvalue weighted by atomic mass is 9.90. The normalized spacial score (nSPS) is 22.9. The van der Waals surface area contributed by atoms with Crippen LogP contribution in [-0.2, 0) is 14.4 Å². The lowest BCUT2D eigenvalue weighted by Crippen LogP contribution is -2.37. The molecule has 5 rings (SSSR count). The van der Waals surface area contributed by atoms with Gasteiger partial charge in [-0.05, 0) is 66.9 Å². The van der Waals surface area contributed by atoms with Crippen LogP contribution in [-0.4, -0.2) is 17.9 Å². The Morgan fingerprint density at radius 2 is 1.52 bits per heavy atom. The van der Waals surface area contributed by atoms with Crippen LogP contribution in [0.4, 0.5) is 11.4 Å². The molecule has 0 unspecified atom stereocenters. The van der Waals surface area contributed by atoms with Crippen LogP contribution in [0.2, 0.25) is 5.02 Å². The van der Waals surface area contributed by atoms with E-state index in [9.17, 15) is 9.59 Å². The van der Waals surface area contributed by atoms with Crippen molar-refractivity contribution in [2.75, 3.05) is 9.96 Å². The van der Waals surface area contributed by atoms with Crippen LogP contribution < -0.4 is 9.96 Å². The van der Waals surface area contributed by atoms with Gasteiger partial charge < -0.3 is 0 Å². The number of imide groups is 1. The molecule has 0 aliphatic carbocycles. The van der Waals surface area contributed by atoms with E-state index < -0.39 is 18.1 Å². The highest BCUT2D eigenvalue weighted by atomic mass is 35.5. The summed E-state index contributed by atoms with van der Waals surface area (Å²) in [6, 6.07) is 22.0.